The second-order valence-corrected chi connectivity index (χ2v) is 5.09. The molecule has 1 unspecified atom stereocenters. The van der Waals surface area contributed by atoms with Crippen molar-refractivity contribution < 1.29 is 14.3 Å². The Kier molecular flexibility index (Phi) is 7.47. The highest BCUT2D eigenvalue weighted by atomic mass is 16.6. The molecule has 0 saturated carbocycles. The van der Waals surface area contributed by atoms with Crippen molar-refractivity contribution >= 4 is 19.8 Å². The summed E-state index contributed by atoms with van der Waals surface area (Å²) in [5.74, 6) is -0.612. The Labute approximate surface area is 110 Å². The second kappa shape index (κ2) is 8.00. The van der Waals surface area contributed by atoms with E-state index in [4.69, 9.17) is 12.6 Å². The number of hydrogen-bond donors (Lipinski definition) is 2. The molecule has 0 aromatic carbocycles. The van der Waals surface area contributed by atoms with Gasteiger partial charge in [0.05, 0.1) is 7.85 Å². The fourth-order valence-electron chi connectivity index (χ4n) is 1.12. The Balaban J connectivity index is 3.57. The lowest BCUT2D eigenvalue weighted by atomic mass is 9.84. The van der Waals surface area contributed by atoms with E-state index in [1.54, 1.807) is 20.8 Å². The molecule has 0 aliphatic rings. The molecule has 0 aliphatic heterocycles. The van der Waals surface area contributed by atoms with Gasteiger partial charge in [-0.25, -0.2) is 4.79 Å². The predicted octanol–water partition coefficient (Wildman–Crippen LogP) is 1.38. The van der Waals surface area contributed by atoms with Crippen LogP contribution in [0, 0.1) is 0 Å². The number of carbonyl (C=O) groups excluding carboxylic acids is 2. The number of carbonyl (C=O) groups is 2. The van der Waals surface area contributed by atoms with Crippen LogP contribution in [0.5, 0.6) is 0 Å². The average molecular weight is 254 g/mol. The zero-order chi connectivity index (χ0) is 14.2. The fourth-order valence-corrected chi connectivity index (χ4v) is 1.12. The maximum atomic E-state index is 11.3. The van der Waals surface area contributed by atoms with Gasteiger partial charge < -0.3 is 15.4 Å². The van der Waals surface area contributed by atoms with Gasteiger partial charge in [-0.2, -0.15) is 0 Å². The monoisotopic (exact) mass is 254 g/mol. The smallest absolute Gasteiger partial charge is 0.407 e. The number of hydrogen-bond acceptors (Lipinski definition) is 3. The number of alkyl carbamates (subject to hydrolysis) is 1. The number of amides is 2. The molecule has 5 nitrogen and oxygen atoms in total. The molecule has 6 heteroatoms. The number of nitrogens with one attached hydrogen (secondary N) is 2. The largest absolute Gasteiger partial charge is 0.444 e. The molecule has 0 spiro atoms. The lowest BCUT2D eigenvalue weighted by Gasteiger charge is -2.19. The lowest BCUT2D eigenvalue weighted by Crippen LogP contribution is -2.35. The normalized spacial score (nSPS) is 12.7. The lowest BCUT2D eigenvalue weighted by molar-refractivity contribution is -0.121. The Morgan fingerprint density at radius 3 is 2.28 bits per heavy atom. The molecular weight excluding hydrogens is 231 g/mol. The van der Waals surface area contributed by atoms with E-state index in [-0.39, 0.29) is 5.91 Å². The molecule has 0 aliphatic carbocycles. The van der Waals surface area contributed by atoms with Gasteiger partial charge in [-0.15, -0.1) is 0 Å². The minimum Gasteiger partial charge on any atom is -0.444 e. The Bertz CT molecular complexity index is 277. The molecule has 2 amide bonds. The third kappa shape index (κ3) is 8.90. The van der Waals surface area contributed by atoms with Gasteiger partial charge in [0.25, 0.3) is 0 Å². The summed E-state index contributed by atoms with van der Waals surface area (Å²) in [6.45, 7) is 8.21. The van der Waals surface area contributed by atoms with Crippen molar-refractivity contribution in [2.75, 3.05) is 13.1 Å². The highest BCUT2D eigenvalue weighted by molar-refractivity contribution is 6.23. The first kappa shape index (κ1) is 16.8. The molecular formula is C12H23BN2O3. The molecule has 102 valence electrons. The number of ether oxygens (including phenoxy) is 1. The van der Waals surface area contributed by atoms with E-state index in [9.17, 15) is 9.59 Å². The standard InChI is InChI=1S/C12H23BN2O3/c1-5-9(13)10(16)14-7-6-8-15-11(17)18-12(2,3)4/h9H,5-8H2,1-4H3,(H,14,16)(H,15,17). The van der Waals surface area contributed by atoms with Crippen LogP contribution in [0.15, 0.2) is 0 Å². The van der Waals surface area contributed by atoms with Crippen molar-refractivity contribution in [2.45, 2.75) is 52.0 Å². The van der Waals surface area contributed by atoms with E-state index in [2.05, 4.69) is 10.6 Å². The van der Waals surface area contributed by atoms with E-state index < -0.39 is 17.5 Å². The fraction of sp³-hybridized carbons (Fsp3) is 0.833. The van der Waals surface area contributed by atoms with Gasteiger partial charge in [0.1, 0.15) is 5.60 Å². The van der Waals surface area contributed by atoms with Crippen molar-refractivity contribution in [1.29, 1.82) is 0 Å². The number of rotatable bonds is 6. The summed E-state index contributed by atoms with van der Waals surface area (Å²) in [5.41, 5.74) is -0.494. The first-order valence-corrected chi connectivity index (χ1v) is 6.26. The second-order valence-electron chi connectivity index (χ2n) is 5.09. The van der Waals surface area contributed by atoms with Crippen molar-refractivity contribution in [3.63, 3.8) is 0 Å². The molecule has 0 saturated heterocycles. The van der Waals surface area contributed by atoms with Crippen LogP contribution in [0.3, 0.4) is 0 Å². The highest BCUT2D eigenvalue weighted by Crippen LogP contribution is 2.06. The van der Waals surface area contributed by atoms with Crippen molar-refractivity contribution in [2.24, 2.45) is 0 Å². The molecule has 1 atom stereocenters. The van der Waals surface area contributed by atoms with Crippen LogP contribution in [-0.4, -0.2) is 38.5 Å². The highest BCUT2D eigenvalue weighted by Gasteiger charge is 2.15. The topological polar surface area (TPSA) is 67.4 Å². The first-order chi connectivity index (χ1) is 8.26. The van der Waals surface area contributed by atoms with Gasteiger partial charge in [0, 0.05) is 13.1 Å². The molecule has 2 N–H and O–H groups in total. The molecule has 0 fully saturated rings. The van der Waals surface area contributed by atoms with Crippen LogP contribution in [0.4, 0.5) is 4.79 Å². The summed E-state index contributed by atoms with van der Waals surface area (Å²) in [7, 11) is 5.55. The van der Waals surface area contributed by atoms with Gasteiger partial charge >= 0.3 is 6.09 Å². The third-order valence-corrected chi connectivity index (χ3v) is 2.10. The van der Waals surface area contributed by atoms with E-state index in [0.29, 0.717) is 25.9 Å². The van der Waals surface area contributed by atoms with E-state index >= 15 is 0 Å². The molecule has 0 rings (SSSR count). The summed E-state index contributed by atoms with van der Waals surface area (Å²) in [6, 6.07) is 0. The minimum atomic E-state index is -0.494. The van der Waals surface area contributed by atoms with Crippen LogP contribution >= 0.6 is 0 Å². The summed E-state index contributed by atoms with van der Waals surface area (Å²) >= 11 is 0. The molecule has 18 heavy (non-hydrogen) atoms. The van der Waals surface area contributed by atoms with Gasteiger partial charge in [-0.05, 0) is 33.0 Å². The summed E-state index contributed by atoms with van der Waals surface area (Å²) in [4.78, 5) is 22.6. The van der Waals surface area contributed by atoms with Crippen molar-refractivity contribution in [3.8, 4) is 0 Å². The Hall–Kier alpha value is -1.20. The Morgan fingerprint density at radius 1 is 1.22 bits per heavy atom. The van der Waals surface area contributed by atoms with Gasteiger partial charge in [0.2, 0.25) is 5.91 Å². The van der Waals surface area contributed by atoms with Crippen molar-refractivity contribution in [3.05, 3.63) is 0 Å². The summed E-state index contributed by atoms with van der Waals surface area (Å²) < 4.78 is 5.06. The average Bonchev–Trinajstić information content (AvgIpc) is 2.24. The molecule has 2 radical (unpaired) electrons. The van der Waals surface area contributed by atoms with Gasteiger partial charge in [-0.1, -0.05) is 13.3 Å². The molecule has 0 aromatic heterocycles. The zero-order valence-electron chi connectivity index (χ0n) is 11.7. The van der Waals surface area contributed by atoms with Gasteiger partial charge in [0.15, 0.2) is 0 Å². The van der Waals surface area contributed by atoms with Crippen LogP contribution in [0.1, 0.15) is 40.5 Å². The van der Waals surface area contributed by atoms with E-state index in [1.165, 1.54) is 0 Å². The Morgan fingerprint density at radius 2 is 1.78 bits per heavy atom. The van der Waals surface area contributed by atoms with Crippen LogP contribution in [0.25, 0.3) is 0 Å². The van der Waals surface area contributed by atoms with E-state index in [1.807, 2.05) is 6.92 Å². The maximum Gasteiger partial charge on any atom is 0.407 e. The SMILES string of the molecule is [B]C(CC)C(=O)NCCCNC(=O)OC(C)(C)C. The molecule has 0 heterocycles. The van der Waals surface area contributed by atoms with Gasteiger partial charge in [-0.3, -0.25) is 4.79 Å². The molecule has 0 bridgehead atoms. The van der Waals surface area contributed by atoms with Crippen molar-refractivity contribution in [1.82, 2.24) is 10.6 Å². The minimum absolute atomic E-state index is 0.158. The van der Waals surface area contributed by atoms with Crippen LogP contribution < -0.4 is 10.6 Å². The third-order valence-electron chi connectivity index (χ3n) is 2.10. The van der Waals surface area contributed by atoms with E-state index in [0.717, 1.165) is 0 Å². The maximum absolute atomic E-state index is 11.3. The van der Waals surface area contributed by atoms with Crippen LogP contribution in [-0.2, 0) is 9.53 Å². The predicted molar refractivity (Wildman–Crippen MR) is 71.7 cm³/mol. The molecule has 0 aromatic rings. The quantitative estimate of drug-likeness (QED) is 0.556. The summed E-state index contributed by atoms with van der Waals surface area (Å²) in [5, 5.41) is 5.31. The first-order valence-electron chi connectivity index (χ1n) is 6.26. The van der Waals surface area contributed by atoms with Crippen LogP contribution in [0.2, 0.25) is 5.82 Å². The zero-order valence-corrected chi connectivity index (χ0v) is 11.7. The summed E-state index contributed by atoms with van der Waals surface area (Å²) in [6.07, 6.45) is 0.808.